The molecule has 1 aromatic rings. The summed E-state index contributed by atoms with van der Waals surface area (Å²) in [5.74, 6) is -0.577. The summed E-state index contributed by atoms with van der Waals surface area (Å²) >= 11 is 0. The van der Waals surface area contributed by atoms with E-state index in [1.165, 1.54) is 0 Å². The normalized spacial score (nSPS) is 14.2. The first-order valence-electron chi connectivity index (χ1n) is 5.52. The van der Waals surface area contributed by atoms with E-state index in [0.717, 1.165) is 5.56 Å². The first-order valence-corrected chi connectivity index (χ1v) is 5.52. The zero-order valence-electron chi connectivity index (χ0n) is 9.99. The number of hydrogen-bond donors (Lipinski definition) is 1. The van der Waals surface area contributed by atoms with E-state index in [9.17, 15) is 9.90 Å². The molecule has 0 heterocycles. The van der Waals surface area contributed by atoms with Crippen molar-refractivity contribution in [2.45, 2.75) is 32.8 Å². The lowest BCUT2D eigenvalue weighted by atomic mass is 9.88. The summed E-state index contributed by atoms with van der Waals surface area (Å²) in [6, 6.07) is 7.31. The van der Waals surface area contributed by atoms with Gasteiger partial charge in [-0.2, -0.15) is 0 Å². The van der Waals surface area contributed by atoms with E-state index in [0.29, 0.717) is 12.0 Å². The molecule has 1 N–H and O–H groups in total. The van der Waals surface area contributed by atoms with E-state index in [4.69, 9.17) is 4.74 Å². The monoisotopic (exact) mass is 222 g/mol. The minimum absolute atomic E-state index is 0.271. The molecule has 0 aliphatic heterocycles. The molecule has 88 valence electrons. The number of aliphatic hydroxyl groups is 1. The molecule has 3 heteroatoms. The minimum atomic E-state index is -1.53. The van der Waals surface area contributed by atoms with Gasteiger partial charge in [-0.1, -0.05) is 31.2 Å². The van der Waals surface area contributed by atoms with Crippen molar-refractivity contribution in [3.05, 3.63) is 35.4 Å². The van der Waals surface area contributed by atoms with Crippen molar-refractivity contribution < 1.29 is 14.6 Å². The summed E-state index contributed by atoms with van der Waals surface area (Å²) < 4.78 is 4.92. The average molecular weight is 222 g/mol. The number of benzene rings is 1. The third kappa shape index (κ3) is 2.25. The summed E-state index contributed by atoms with van der Waals surface area (Å²) in [6.07, 6.45) is 0.302. The molecule has 1 aromatic carbocycles. The fourth-order valence-corrected chi connectivity index (χ4v) is 1.73. The second kappa shape index (κ2) is 5.12. The van der Waals surface area contributed by atoms with Crippen LogP contribution in [0.5, 0.6) is 0 Å². The molecule has 0 spiro atoms. The molecule has 0 aromatic heterocycles. The molecule has 0 unspecified atom stereocenters. The summed E-state index contributed by atoms with van der Waals surface area (Å²) in [4.78, 5) is 11.8. The topological polar surface area (TPSA) is 46.5 Å². The van der Waals surface area contributed by atoms with Gasteiger partial charge >= 0.3 is 5.97 Å². The van der Waals surface area contributed by atoms with Crippen molar-refractivity contribution in [2.24, 2.45) is 0 Å². The lowest BCUT2D eigenvalue weighted by molar-refractivity contribution is -0.166. The van der Waals surface area contributed by atoms with Gasteiger partial charge in [0.2, 0.25) is 0 Å². The van der Waals surface area contributed by atoms with E-state index in [1.807, 2.05) is 25.1 Å². The van der Waals surface area contributed by atoms with Crippen LogP contribution in [0.2, 0.25) is 0 Å². The summed E-state index contributed by atoms with van der Waals surface area (Å²) in [7, 11) is 0. The van der Waals surface area contributed by atoms with Gasteiger partial charge < -0.3 is 9.84 Å². The van der Waals surface area contributed by atoms with E-state index in [1.54, 1.807) is 19.9 Å². The van der Waals surface area contributed by atoms with Crippen LogP contribution in [0.15, 0.2) is 24.3 Å². The van der Waals surface area contributed by atoms with Crippen molar-refractivity contribution >= 4 is 5.97 Å². The molecule has 0 aliphatic rings. The Bertz CT molecular complexity index is 373. The van der Waals surface area contributed by atoms with Gasteiger partial charge in [0, 0.05) is 0 Å². The van der Waals surface area contributed by atoms with Crippen LogP contribution < -0.4 is 0 Å². The van der Waals surface area contributed by atoms with Crippen LogP contribution in [0.25, 0.3) is 0 Å². The highest BCUT2D eigenvalue weighted by Crippen LogP contribution is 2.28. The van der Waals surface area contributed by atoms with Crippen LogP contribution in [0.4, 0.5) is 0 Å². The lowest BCUT2D eigenvalue weighted by Gasteiger charge is -2.26. The predicted octanol–water partition coefficient (Wildman–Crippen LogP) is 2.16. The zero-order chi connectivity index (χ0) is 12.2. The smallest absolute Gasteiger partial charge is 0.342 e. The molecular weight excluding hydrogens is 204 g/mol. The van der Waals surface area contributed by atoms with E-state index in [-0.39, 0.29) is 6.61 Å². The lowest BCUT2D eigenvalue weighted by Crippen LogP contribution is -2.37. The predicted molar refractivity (Wildman–Crippen MR) is 62.0 cm³/mol. The van der Waals surface area contributed by atoms with Gasteiger partial charge in [-0.05, 0) is 31.4 Å². The molecule has 1 rings (SSSR count). The van der Waals surface area contributed by atoms with Gasteiger partial charge in [0.1, 0.15) is 0 Å². The number of carbonyl (C=O) groups excluding carboxylic acids is 1. The molecule has 0 amide bonds. The highest BCUT2D eigenvalue weighted by atomic mass is 16.5. The van der Waals surface area contributed by atoms with E-state index in [2.05, 4.69) is 0 Å². The number of ether oxygens (including phenoxy) is 1. The molecule has 1 atom stereocenters. The van der Waals surface area contributed by atoms with Crippen LogP contribution in [-0.2, 0) is 15.1 Å². The quantitative estimate of drug-likeness (QED) is 0.794. The van der Waals surface area contributed by atoms with Crippen LogP contribution in [0.1, 0.15) is 31.4 Å². The maximum absolute atomic E-state index is 11.8. The summed E-state index contributed by atoms with van der Waals surface area (Å²) in [6.45, 7) is 5.64. The van der Waals surface area contributed by atoms with Crippen molar-refractivity contribution in [3.8, 4) is 0 Å². The summed E-state index contributed by atoms with van der Waals surface area (Å²) in [5.41, 5.74) is -0.0164. The van der Waals surface area contributed by atoms with Crippen LogP contribution in [-0.4, -0.2) is 17.7 Å². The van der Waals surface area contributed by atoms with Gasteiger partial charge in [-0.15, -0.1) is 0 Å². The first-order chi connectivity index (χ1) is 7.56. The number of aryl methyl sites for hydroxylation is 1. The fraction of sp³-hybridized carbons (Fsp3) is 0.462. The SMILES string of the molecule is CCOC(=O)[C@@](O)(CC)c1ccccc1C. The third-order valence-corrected chi connectivity index (χ3v) is 2.72. The number of carbonyl (C=O) groups is 1. The van der Waals surface area contributed by atoms with E-state index < -0.39 is 11.6 Å². The maximum Gasteiger partial charge on any atom is 0.342 e. The van der Waals surface area contributed by atoms with Crippen molar-refractivity contribution in [3.63, 3.8) is 0 Å². The Balaban J connectivity index is 3.14. The Morgan fingerprint density at radius 3 is 2.50 bits per heavy atom. The molecule has 16 heavy (non-hydrogen) atoms. The molecule has 0 aliphatic carbocycles. The summed E-state index contributed by atoms with van der Waals surface area (Å²) in [5, 5.41) is 10.4. The standard InChI is InChI=1S/C13H18O3/c1-4-13(15,12(14)16-5-2)11-9-7-6-8-10(11)3/h6-9,15H,4-5H2,1-3H3/t13-/m1/s1. The minimum Gasteiger partial charge on any atom is -0.464 e. The largest absolute Gasteiger partial charge is 0.464 e. The Kier molecular flexibility index (Phi) is 4.07. The Morgan fingerprint density at radius 1 is 1.38 bits per heavy atom. The van der Waals surface area contributed by atoms with Gasteiger partial charge in [0.15, 0.2) is 5.60 Å². The Morgan fingerprint density at radius 2 is 2.00 bits per heavy atom. The maximum atomic E-state index is 11.8. The third-order valence-electron chi connectivity index (χ3n) is 2.72. The van der Waals surface area contributed by atoms with Crippen molar-refractivity contribution in [2.75, 3.05) is 6.61 Å². The average Bonchev–Trinajstić information content (AvgIpc) is 2.29. The second-order valence-corrected chi connectivity index (χ2v) is 3.75. The molecule has 0 saturated carbocycles. The number of hydrogen-bond acceptors (Lipinski definition) is 3. The Hall–Kier alpha value is -1.35. The molecule has 0 fully saturated rings. The van der Waals surface area contributed by atoms with Crippen molar-refractivity contribution in [1.29, 1.82) is 0 Å². The van der Waals surface area contributed by atoms with Gasteiger partial charge in [-0.25, -0.2) is 4.79 Å². The highest BCUT2D eigenvalue weighted by Gasteiger charge is 2.38. The van der Waals surface area contributed by atoms with Crippen molar-refractivity contribution in [1.82, 2.24) is 0 Å². The molecule has 0 saturated heterocycles. The van der Waals surface area contributed by atoms with Crippen LogP contribution >= 0.6 is 0 Å². The van der Waals surface area contributed by atoms with Crippen LogP contribution in [0, 0.1) is 6.92 Å². The first kappa shape index (κ1) is 12.7. The second-order valence-electron chi connectivity index (χ2n) is 3.75. The van der Waals surface area contributed by atoms with Crippen LogP contribution in [0.3, 0.4) is 0 Å². The highest BCUT2D eigenvalue weighted by molar-refractivity contribution is 5.81. The molecule has 3 nitrogen and oxygen atoms in total. The van der Waals surface area contributed by atoms with Gasteiger partial charge in [-0.3, -0.25) is 0 Å². The number of rotatable bonds is 4. The zero-order valence-corrected chi connectivity index (χ0v) is 9.99. The molecule has 0 bridgehead atoms. The van der Waals surface area contributed by atoms with Gasteiger partial charge in [0.25, 0.3) is 0 Å². The number of esters is 1. The Labute approximate surface area is 96.1 Å². The fourth-order valence-electron chi connectivity index (χ4n) is 1.73. The molecular formula is C13H18O3. The van der Waals surface area contributed by atoms with Gasteiger partial charge in [0.05, 0.1) is 6.61 Å². The van der Waals surface area contributed by atoms with E-state index >= 15 is 0 Å². The molecule has 0 radical (unpaired) electrons.